The number of benzene rings is 3. The van der Waals surface area contributed by atoms with Gasteiger partial charge in [0.25, 0.3) is 0 Å². The van der Waals surface area contributed by atoms with Crippen LogP contribution in [0.15, 0.2) is 89.4 Å². The van der Waals surface area contributed by atoms with Gasteiger partial charge < -0.3 is 5.73 Å². The number of allylic oxidation sites excluding steroid dienone is 3. The lowest BCUT2D eigenvalue weighted by Gasteiger charge is -2.40. The van der Waals surface area contributed by atoms with E-state index in [1.165, 1.54) is 16.7 Å². The number of nitrogens with two attached hydrogens (primary N) is 1. The molecule has 0 saturated carbocycles. The lowest BCUT2D eigenvalue weighted by molar-refractivity contribution is -0.116. The predicted octanol–water partition coefficient (Wildman–Crippen LogP) is 7.70. The van der Waals surface area contributed by atoms with Crippen LogP contribution in [-0.2, 0) is 16.3 Å². The van der Waals surface area contributed by atoms with Crippen molar-refractivity contribution in [1.82, 2.24) is 0 Å². The Balaban J connectivity index is 1.58. The van der Waals surface area contributed by atoms with E-state index >= 15 is 0 Å². The third-order valence-corrected chi connectivity index (χ3v) is 8.67. The average molecular weight is 540 g/mol. The Labute approximate surface area is 233 Å². The monoisotopic (exact) mass is 539 g/mol. The van der Waals surface area contributed by atoms with E-state index in [-0.39, 0.29) is 5.78 Å². The van der Waals surface area contributed by atoms with Gasteiger partial charge >= 0.3 is 0 Å². The summed E-state index contributed by atoms with van der Waals surface area (Å²) in [7, 11) is 0. The summed E-state index contributed by atoms with van der Waals surface area (Å²) in [5.74, 6) is 1.75. The van der Waals surface area contributed by atoms with Crippen LogP contribution in [0.2, 0.25) is 5.02 Å². The summed E-state index contributed by atoms with van der Waals surface area (Å²) in [5, 5.41) is 11.0. The molecule has 4 nitrogen and oxygen atoms in total. The van der Waals surface area contributed by atoms with Gasteiger partial charge in [-0.25, -0.2) is 0 Å². The molecule has 1 unspecified atom stereocenters. The molecule has 0 saturated heterocycles. The third-order valence-electron chi connectivity index (χ3n) is 7.38. The van der Waals surface area contributed by atoms with Gasteiger partial charge in [0.15, 0.2) is 5.78 Å². The maximum atomic E-state index is 13.5. The van der Waals surface area contributed by atoms with E-state index in [0.717, 1.165) is 40.4 Å². The van der Waals surface area contributed by atoms with Crippen LogP contribution < -0.4 is 10.6 Å². The summed E-state index contributed by atoms with van der Waals surface area (Å²) in [6.07, 6.45) is 1.95. The highest BCUT2D eigenvalue weighted by atomic mass is 35.5. The fourth-order valence-corrected chi connectivity index (χ4v) is 6.79. The molecule has 1 atom stereocenters. The standard InChI is InChI=1S/C32H30ClN3OS/c1-20-14-21(2)26(15-23(20)19-38-18-22-8-4-3-5-9-22)30-27(17-34)32(35)36(25-11-6-10-24(33)16-25)28-12-7-13-29(37)31(28)30/h3-6,8-11,14-16,30H,7,12-13,18-19,35H2,1-2H3. The molecule has 5 rings (SSSR count). The lowest BCUT2D eigenvalue weighted by Crippen LogP contribution is -2.38. The number of nitrogens with zero attached hydrogens (tertiary/aromatic N) is 2. The van der Waals surface area contributed by atoms with Gasteiger partial charge in [-0.15, -0.1) is 0 Å². The first-order valence-electron chi connectivity index (χ1n) is 12.8. The summed E-state index contributed by atoms with van der Waals surface area (Å²) in [5.41, 5.74) is 15.3. The van der Waals surface area contributed by atoms with Crippen molar-refractivity contribution in [2.24, 2.45) is 5.73 Å². The SMILES string of the molecule is Cc1cc(C)c(C2C(C#N)=C(N)N(c3cccc(Cl)c3)C3=C2C(=O)CCC3)cc1CSCc1ccccc1. The van der Waals surface area contributed by atoms with Gasteiger partial charge in [0, 0.05) is 39.9 Å². The van der Waals surface area contributed by atoms with Crippen LogP contribution >= 0.6 is 23.4 Å². The molecule has 2 N–H and O–H groups in total. The molecule has 0 fully saturated rings. The zero-order chi connectivity index (χ0) is 26.8. The first-order valence-corrected chi connectivity index (χ1v) is 14.4. The molecule has 1 aliphatic carbocycles. The fraction of sp³-hybridized carbons (Fsp3) is 0.250. The Morgan fingerprint density at radius 1 is 1.03 bits per heavy atom. The zero-order valence-corrected chi connectivity index (χ0v) is 23.2. The second-order valence-corrected chi connectivity index (χ2v) is 11.3. The van der Waals surface area contributed by atoms with Crippen molar-refractivity contribution >= 4 is 34.8 Å². The molecule has 1 aliphatic heterocycles. The fourth-order valence-electron chi connectivity index (χ4n) is 5.54. The first-order chi connectivity index (χ1) is 18.4. The Bertz CT molecular complexity index is 1500. The molecule has 0 radical (unpaired) electrons. The van der Waals surface area contributed by atoms with Gasteiger partial charge in [-0.3, -0.25) is 9.69 Å². The Kier molecular flexibility index (Phi) is 7.65. The summed E-state index contributed by atoms with van der Waals surface area (Å²) < 4.78 is 0. The van der Waals surface area contributed by atoms with Gasteiger partial charge in [0.05, 0.1) is 17.6 Å². The predicted molar refractivity (Wildman–Crippen MR) is 157 cm³/mol. The topological polar surface area (TPSA) is 70.1 Å². The number of ketones is 1. The minimum Gasteiger partial charge on any atom is -0.384 e. The molecule has 0 spiro atoms. The van der Waals surface area contributed by atoms with Crippen LogP contribution in [-0.4, -0.2) is 5.78 Å². The minimum atomic E-state index is -0.475. The second kappa shape index (κ2) is 11.1. The molecule has 0 aromatic heterocycles. The van der Waals surface area contributed by atoms with E-state index in [1.807, 2.05) is 40.9 Å². The number of Topliss-reactive ketones (excluding diaryl/α,β-unsaturated/α-hetero) is 1. The van der Waals surface area contributed by atoms with Crippen LogP contribution in [0.1, 0.15) is 53.0 Å². The molecule has 6 heteroatoms. The quantitative estimate of drug-likeness (QED) is 0.347. The highest BCUT2D eigenvalue weighted by Crippen LogP contribution is 2.47. The summed E-state index contributed by atoms with van der Waals surface area (Å²) in [4.78, 5) is 15.4. The molecule has 3 aromatic rings. The van der Waals surface area contributed by atoms with Gasteiger partial charge in [-0.1, -0.05) is 60.1 Å². The Hall–Kier alpha value is -3.46. The average Bonchev–Trinajstić information content (AvgIpc) is 2.90. The number of rotatable bonds is 6. The van der Waals surface area contributed by atoms with E-state index < -0.39 is 5.92 Å². The molecule has 1 heterocycles. The van der Waals surface area contributed by atoms with Crippen molar-refractivity contribution in [3.05, 3.63) is 122 Å². The highest BCUT2D eigenvalue weighted by Gasteiger charge is 2.41. The van der Waals surface area contributed by atoms with Crippen LogP contribution in [0.5, 0.6) is 0 Å². The van der Waals surface area contributed by atoms with E-state index in [2.05, 4.69) is 56.3 Å². The maximum absolute atomic E-state index is 13.5. The largest absolute Gasteiger partial charge is 0.384 e. The second-order valence-electron chi connectivity index (χ2n) is 9.91. The van der Waals surface area contributed by atoms with Crippen molar-refractivity contribution < 1.29 is 4.79 Å². The number of nitriles is 1. The number of aryl methyl sites for hydroxylation is 2. The summed E-state index contributed by atoms with van der Waals surface area (Å²) in [6, 6.07) is 24.6. The van der Waals surface area contributed by atoms with Gasteiger partial charge in [-0.2, -0.15) is 17.0 Å². The number of hydrogen-bond acceptors (Lipinski definition) is 5. The van der Waals surface area contributed by atoms with E-state index in [1.54, 1.807) is 6.07 Å². The molecule has 38 heavy (non-hydrogen) atoms. The zero-order valence-electron chi connectivity index (χ0n) is 21.6. The van der Waals surface area contributed by atoms with Crippen LogP contribution in [0.25, 0.3) is 0 Å². The van der Waals surface area contributed by atoms with Crippen molar-refractivity contribution in [3.63, 3.8) is 0 Å². The number of halogens is 1. The van der Waals surface area contributed by atoms with E-state index in [0.29, 0.717) is 34.8 Å². The number of carbonyl (C=O) groups excluding carboxylic acids is 1. The van der Waals surface area contributed by atoms with Crippen molar-refractivity contribution in [1.29, 1.82) is 5.26 Å². The number of thioether (sulfide) groups is 1. The molecule has 0 bridgehead atoms. The number of carbonyl (C=O) groups is 1. The van der Waals surface area contributed by atoms with Crippen LogP contribution in [0.3, 0.4) is 0 Å². The molecule has 192 valence electrons. The van der Waals surface area contributed by atoms with E-state index in [4.69, 9.17) is 17.3 Å². The smallest absolute Gasteiger partial charge is 0.161 e. The number of anilines is 1. The molecule has 2 aliphatic rings. The third kappa shape index (κ3) is 4.99. The normalized spacial score (nSPS) is 17.5. The molecule has 0 amide bonds. The van der Waals surface area contributed by atoms with Crippen LogP contribution in [0.4, 0.5) is 5.69 Å². The van der Waals surface area contributed by atoms with Gasteiger partial charge in [0.2, 0.25) is 0 Å². The Morgan fingerprint density at radius 2 is 1.82 bits per heavy atom. The Morgan fingerprint density at radius 3 is 2.55 bits per heavy atom. The first kappa shape index (κ1) is 26.2. The van der Waals surface area contributed by atoms with Crippen LogP contribution in [0, 0.1) is 25.2 Å². The van der Waals surface area contributed by atoms with Crippen molar-refractivity contribution in [3.8, 4) is 6.07 Å². The van der Waals surface area contributed by atoms with E-state index in [9.17, 15) is 10.1 Å². The minimum absolute atomic E-state index is 0.0866. The molecule has 3 aromatic carbocycles. The summed E-state index contributed by atoms with van der Waals surface area (Å²) in [6.45, 7) is 4.19. The maximum Gasteiger partial charge on any atom is 0.161 e. The molecular formula is C32H30ClN3OS. The summed E-state index contributed by atoms with van der Waals surface area (Å²) >= 11 is 8.17. The van der Waals surface area contributed by atoms with Gasteiger partial charge in [0.1, 0.15) is 5.82 Å². The highest BCUT2D eigenvalue weighted by molar-refractivity contribution is 7.97. The molecular weight excluding hydrogens is 510 g/mol. The van der Waals surface area contributed by atoms with Gasteiger partial charge in [-0.05, 0) is 72.7 Å². The lowest BCUT2D eigenvalue weighted by atomic mass is 9.74. The number of hydrogen-bond donors (Lipinski definition) is 1. The van der Waals surface area contributed by atoms with Crippen molar-refractivity contribution in [2.45, 2.75) is 50.5 Å². The van der Waals surface area contributed by atoms with Crippen molar-refractivity contribution in [2.75, 3.05) is 4.90 Å².